The molecule has 0 saturated heterocycles. The van der Waals surface area contributed by atoms with Crippen LogP contribution in [0.15, 0.2) is 30.6 Å². The molecule has 0 atom stereocenters. The summed E-state index contributed by atoms with van der Waals surface area (Å²) in [5.41, 5.74) is 4.73. The Morgan fingerprint density at radius 1 is 1.29 bits per heavy atom. The number of carbonyl (C=O) groups is 1. The number of methoxy groups -OCH3 is 1. The third-order valence-electron chi connectivity index (χ3n) is 3.00. The topological polar surface area (TPSA) is 131 Å². The number of hydrazine groups is 1. The molecule has 0 unspecified atom stereocenters. The standard InChI is InChI=1S/C14H16N6O4/c1-3-15-12-11(20(22)23)13(17-8-16-12)18-19-14(21)9-6-4-5-7-10(9)24-2/h4-8H,3H2,1-2H3,(H,19,21)(H2,15,16,17,18). The summed E-state index contributed by atoms with van der Waals surface area (Å²) in [7, 11) is 1.44. The fraction of sp³-hybridized carbons (Fsp3) is 0.214. The molecule has 1 heterocycles. The smallest absolute Gasteiger partial charge is 0.354 e. The number of anilines is 2. The van der Waals surface area contributed by atoms with E-state index in [2.05, 4.69) is 26.1 Å². The van der Waals surface area contributed by atoms with Crippen LogP contribution in [0.5, 0.6) is 5.75 Å². The van der Waals surface area contributed by atoms with E-state index in [0.717, 1.165) is 6.33 Å². The maximum Gasteiger partial charge on any atom is 0.354 e. The molecule has 24 heavy (non-hydrogen) atoms. The van der Waals surface area contributed by atoms with Crippen molar-refractivity contribution in [1.82, 2.24) is 15.4 Å². The minimum absolute atomic E-state index is 0.0616. The van der Waals surface area contributed by atoms with Gasteiger partial charge in [0.05, 0.1) is 17.6 Å². The van der Waals surface area contributed by atoms with Crippen molar-refractivity contribution in [3.05, 3.63) is 46.3 Å². The zero-order valence-corrected chi connectivity index (χ0v) is 13.1. The molecule has 0 aliphatic heterocycles. The molecule has 0 fully saturated rings. The van der Waals surface area contributed by atoms with Crippen LogP contribution in [0.1, 0.15) is 17.3 Å². The average Bonchev–Trinajstić information content (AvgIpc) is 2.59. The molecule has 1 amide bonds. The minimum atomic E-state index is -0.629. The number of para-hydroxylation sites is 1. The number of aromatic nitrogens is 2. The molecule has 0 aliphatic carbocycles. The van der Waals surface area contributed by atoms with Gasteiger partial charge in [0.2, 0.25) is 11.6 Å². The molecule has 0 saturated carbocycles. The van der Waals surface area contributed by atoms with Crippen LogP contribution in [0.3, 0.4) is 0 Å². The second kappa shape index (κ2) is 7.72. The Morgan fingerprint density at radius 3 is 2.67 bits per heavy atom. The number of hydrogen-bond donors (Lipinski definition) is 3. The van der Waals surface area contributed by atoms with Gasteiger partial charge in [0.25, 0.3) is 5.91 Å². The average molecular weight is 332 g/mol. The molecule has 126 valence electrons. The fourth-order valence-corrected chi connectivity index (χ4v) is 1.96. The molecule has 3 N–H and O–H groups in total. The van der Waals surface area contributed by atoms with Crippen LogP contribution in [0, 0.1) is 10.1 Å². The first-order chi connectivity index (χ1) is 11.6. The Morgan fingerprint density at radius 2 is 2.00 bits per heavy atom. The van der Waals surface area contributed by atoms with Crippen molar-refractivity contribution in [2.45, 2.75) is 6.92 Å². The molecular weight excluding hydrogens is 316 g/mol. The molecule has 1 aromatic carbocycles. The molecular formula is C14H16N6O4. The highest BCUT2D eigenvalue weighted by Gasteiger charge is 2.23. The van der Waals surface area contributed by atoms with Crippen molar-refractivity contribution in [3.63, 3.8) is 0 Å². The highest BCUT2D eigenvalue weighted by Crippen LogP contribution is 2.28. The first-order valence-corrected chi connectivity index (χ1v) is 7.01. The van der Waals surface area contributed by atoms with E-state index in [0.29, 0.717) is 12.3 Å². The molecule has 0 radical (unpaired) electrons. The van der Waals surface area contributed by atoms with Crippen LogP contribution in [0.4, 0.5) is 17.3 Å². The van der Waals surface area contributed by atoms with E-state index in [-0.39, 0.29) is 22.9 Å². The highest BCUT2D eigenvalue weighted by atomic mass is 16.6. The van der Waals surface area contributed by atoms with E-state index in [9.17, 15) is 14.9 Å². The molecule has 1 aromatic heterocycles. The van der Waals surface area contributed by atoms with Gasteiger partial charge in [-0.2, -0.15) is 0 Å². The number of amides is 1. The Hall–Kier alpha value is -3.43. The quantitative estimate of drug-likeness (QED) is 0.514. The van der Waals surface area contributed by atoms with Crippen molar-refractivity contribution in [1.29, 1.82) is 0 Å². The number of hydrogen-bond acceptors (Lipinski definition) is 8. The highest BCUT2D eigenvalue weighted by molar-refractivity contribution is 5.97. The van der Waals surface area contributed by atoms with E-state index >= 15 is 0 Å². The van der Waals surface area contributed by atoms with Gasteiger partial charge in [-0.05, 0) is 19.1 Å². The predicted molar refractivity (Wildman–Crippen MR) is 86.9 cm³/mol. The maximum absolute atomic E-state index is 12.2. The number of nitrogens with one attached hydrogen (secondary N) is 3. The molecule has 2 rings (SSSR count). The van der Waals surface area contributed by atoms with Gasteiger partial charge in [0, 0.05) is 6.54 Å². The van der Waals surface area contributed by atoms with Crippen molar-refractivity contribution in [2.24, 2.45) is 0 Å². The van der Waals surface area contributed by atoms with Crippen LogP contribution >= 0.6 is 0 Å². The third kappa shape index (κ3) is 3.66. The Bertz CT molecular complexity index is 752. The number of carbonyl (C=O) groups excluding carboxylic acids is 1. The largest absolute Gasteiger partial charge is 0.496 e. The SMILES string of the molecule is CCNc1ncnc(NNC(=O)c2ccccc2OC)c1[N+](=O)[O-]. The maximum atomic E-state index is 12.2. The summed E-state index contributed by atoms with van der Waals surface area (Å²) in [6.07, 6.45) is 1.16. The fourth-order valence-electron chi connectivity index (χ4n) is 1.96. The van der Waals surface area contributed by atoms with E-state index < -0.39 is 10.8 Å². The number of rotatable bonds is 7. The van der Waals surface area contributed by atoms with Crippen molar-refractivity contribution in [3.8, 4) is 5.75 Å². The van der Waals surface area contributed by atoms with Crippen molar-refractivity contribution in [2.75, 3.05) is 24.4 Å². The van der Waals surface area contributed by atoms with E-state index in [1.165, 1.54) is 7.11 Å². The summed E-state index contributed by atoms with van der Waals surface area (Å²) in [6.45, 7) is 2.23. The van der Waals surface area contributed by atoms with Gasteiger partial charge < -0.3 is 10.1 Å². The van der Waals surface area contributed by atoms with Gasteiger partial charge in [-0.3, -0.25) is 25.8 Å². The Labute approximate surface area is 137 Å². The lowest BCUT2D eigenvalue weighted by atomic mass is 10.2. The molecule has 0 aliphatic rings. The lowest BCUT2D eigenvalue weighted by Crippen LogP contribution is -2.30. The lowest BCUT2D eigenvalue weighted by molar-refractivity contribution is -0.383. The zero-order chi connectivity index (χ0) is 17.5. The van der Waals surface area contributed by atoms with Gasteiger partial charge in [-0.1, -0.05) is 12.1 Å². The second-order valence-corrected chi connectivity index (χ2v) is 4.49. The molecule has 0 spiro atoms. The van der Waals surface area contributed by atoms with Crippen LogP contribution in [0.2, 0.25) is 0 Å². The second-order valence-electron chi connectivity index (χ2n) is 4.49. The van der Waals surface area contributed by atoms with Crippen molar-refractivity contribution >= 4 is 23.2 Å². The summed E-state index contributed by atoms with van der Waals surface area (Å²) in [5, 5.41) is 14.0. The Kier molecular flexibility index (Phi) is 5.45. The van der Waals surface area contributed by atoms with Crippen LogP contribution in [-0.2, 0) is 0 Å². The summed E-state index contributed by atoms with van der Waals surface area (Å²) < 4.78 is 5.10. The summed E-state index contributed by atoms with van der Waals surface area (Å²) in [4.78, 5) is 30.5. The van der Waals surface area contributed by atoms with Crippen molar-refractivity contribution < 1.29 is 14.5 Å². The van der Waals surface area contributed by atoms with E-state index in [1.54, 1.807) is 31.2 Å². The molecule has 2 aromatic rings. The third-order valence-corrected chi connectivity index (χ3v) is 3.00. The lowest BCUT2D eigenvalue weighted by Gasteiger charge is -2.11. The molecule has 10 heteroatoms. The predicted octanol–water partition coefficient (Wildman–Crippen LogP) is 1.58. The zero-order valence-electron chi connectivity index (χ0n) is 13.1. The molecule has 10 nitrogen and oxygen atoms in total. The van der Waals surface area contributed by atoms with E-state index in [1.807, 2.05) is 0 Å². The first-order valence-electron chi connectivity index (χ1n) is 7.01. The van der Waals surface area contributed by atoms with Crippen LogP contribution in [-0.4, -0.2) is 34.5 Å². The monoisotopic (exact) mass is 332 g/mol. The van der Waals surface area contributed by atoms with Gasteiger partial charge in [0.1, 0.15) is 12.1 Å². The summed E-state index contributed by atoms with van der Waals surface area (Å²) >= 11 is 0. The number of nitrogens with zero attached hydrogens (tertiary/aromatic N) is 3. The van der Waals surface area contributed by atoms with Crippen LogP contribution < -0.4 is 20.9 Å². The minimum Gasteiger partial charge on any atom is -0.496 e. The van der Waals surface area contributed by atoms with Gasteiger partial charge in [-0.25, -0.2) is 9.97 Å². The summed E-state index contributed by atoms with van der Waals surface area (Å²) in [5.74, 6) is -0.214. The summed E-state index contributed by atoms with van der Waals surface area (Å²) in [6, 6.07) is 6.59. The van der Waals surface area contributed by atoms with Gasteiger partial charge in [-0.15, -0.1) is 0 Å². The number of benzene rings is 1. The first kappa shape index (κ1) is 16.9. The normalized spacial score (nSPS) is 9.92. The number of nitro groups is 1. The van der Waals surface area contributed by atoms with Gasteiger partial charge >= 0.3 is 5.69 Å². The van der Waals surface area contributed by atoms with Crippen LogP contribution in [0.25, 0.3) is 0 Å². The van der Waals surface area contributed by atoms with E-state index in [4.69, 9.17) is 4.74 Å². The molecule has 0 bridgehead atoms. The van der Waals surface area contributed by atoms with Gasteiger partial charge in [0.15, 0.2) is 0 Å². The number of ether oxygens (including phenoxy) is 1. The Balaban J connectivity index is 2.21.